The summed E-state index contributed by atoms with van der Waals surface area (Å²) in [5, 5.41) is 0. The van der Waals surface area contributed by atoms with Crippen molar-refractivity contribution in [1.29, 1.82) is 0 Å². The molecule has 0 aromatic carbocycles. The minimum Gasteiger partial charge on any atom is -0.354 e. The van der Waals surface area contributed by atoms with Gasteiger partial charge in [-0.25, -0.2) is 0 Å². The van der Waals surface area contributed by atoms with Gasteiger partial charge >= 0.3 is 0 Å². The number of aryl methyl sites for hydroxylation is 1. The average molecular weight is 247 g/mol. The van der Waals surface area contributed by atoms with Crippen LogP contribution in [0.4, 0.5) is 0 Å². The van der Waals surface area contributed by atoms with Gasteiger partial charge in [-0.3, -0.25) is 10.2 Å². The summed E-state index contributed by atoms with van der Waals surface area (Å²) in [4.78, 5) is 11.8. The predicted octanol–water partition coefficient (Wildman–Crippen LogP) is 1.89. The Balaban J connectivity index is 1.77. The highest BCUT2D eigenvalue weighted by atomic mass is 16.2. The van der Waals surface area contributed by atoms with Crippen LogP contribution in [0.3, 0.4) is 0 Å². The Morgan fingerprint density at radius 2 is 2.39 bits per heavy atom. The highest BCUT2D eigenvalue weighted by Crippen LogP contribution is 2.20. The summed E-state index contributed by atoms with van der Waals surface area (Å²) in [7, 11) is 1.95. The molecule has 0 saturated heterocycles. The maximum Gasteiger partial charge on any atom is 0.244 e. The van der Waals surface area contributed by atoms with Gasteiger partial charge in [-0.15, -0.1) is 0 Å². The second-order valence-electron chi connectivity index (χ2n) is 5.07. The minimum absolute atomic E-state index is 0.00341. The van der Waals surface area contributed by atoms with Crippen molar-refractivity contribution in [2.24, 2.45) is 13.0 Å². The van der Waals surface area contributed by atoms with Crippen molar-refractivity contribution in [2.75, 3.05) is 0 Å². The lowest BCUT2D eigenvalue weighted by Gasteiger charge is -2.19. The molecule has 2 N–H and O–H groups in total. The molecular formula is C14H21N3O. The topological polar surface area (TPSA) is 46.1 Å². The molecule has 0 bridgehead atoms. The lowest BCUT2D eigenvalue weighted by atomic mass is 9.95. The quantitative estimate of drug-likeness (QED) is 0.798. The number of nitrogens with one attached hydrogen (secondary N) is 2. The number of hydrogen-bond donors (Lipinski definition) is 2. The molecular weight excluding hydrogens is 226 g/mol. The SMILES string of the molecule is C[C@H]1CC=C(NNC(=O)Cc2cccn2C)CC1. The van der Waals surface area contributed by atoms with E-state index in [1.807, 2.05) is 29.9 Å². The number of nitrogens with zero attached hydrogens (tertiary/aromatic N) is 1. The number of hydrazine groups is 1. The van der Waals surface area contributed by atoms with Crippen LogP contribution in [0.2, 0.25) is 0 Å². The Morgan fingerprint density at radius 1 is 1.56 bits per heavy atom. The van der Waals surface area contributed by atoms with E-state index in [4.69, 9.17) is 0 Å². The van der Waals surface area contributed by atoms with E-state index < -0.39 is 0 Å². The fourth-order valence-corrected chi connectivity index (χ4v) is 2.12. The fourth-order valence-electron chi connectivity index (χ4n) is 2.12. The number of carbonyl (C=O) groups is 1. The number of allylic oxidation sites excluding steroid dienone is 2. The molecule has 4 heteroatoms. The minimum atomic E-state index is -0.00341. The molecule has 0 spiro atoms. The zero-order chi connectivity index (χ0) is 13.0. The number of amides is 1. The molecule has 2 rings (SSSR count). The Morgan fingerprint density at radius 3 is 3.00 bits per heavy atom. The van der Waals surface area contributed by atoms with E-state index in [9.17, 15) is 4.79 Å². The average Bonchev–Trinajstić information content (AvgIpc) is 2.74. The van der Waals surface area contributed by atoms with Crippen LogP contribution in [0.5, 0.6) is 0 Å². The third-order valence-corrected chi connectivity index (χ3v) is 3.43. The van der Waals surface area contributed by atoms with Crippen LogP contribution in [0.15, 0.2) is 30.1 Å². The highest BCUT2D eigenvalue weighted by molar-refractivity contribution is 5.77. The van der Waals surface area contributed by atoms with Gasteiger partial charge in [0.25, 0.3) is 0 Å². The van der Waals surface area contributed by atoms with Gasteiger partial charge in [0.15, 0.2) is 0 Å². The standard InChI is InChI=1S/C14H21N3O/c1-11-5-7-12(8-6-11)15-16-14(18)10-13-4-3-9-17(13)2/h3-4,7,9,11,15H,5-6,8,10H2,1-2H3,(H,16,18)/t11-/m0/s1. The van der Waals surface area contributed by atoms with Crippen molar-refractivity contribution < 1.29 is 4.79 Å². The third-order valence-electron chi connectivity index (χ3n) is 3.43. The normalized spacial score (nSPS) is 19.2. The van der Waals surface area contributed by atoms with Crippen molar-refractivity contribution in [1.82, 2.24) is 15.4 Å². The van der Waals surface area contributed by atoms with E-state index in [0.717, 1.165) is 30.2 Å². The molecule has 0 unspecified atom stereocenters. The molecule has 1 aliphatic carbocycles. The largest absolute Gasteiger partial charge is 0.354 e. The molecule has 1 aromatic rings. The summed E-state index contributed by atoms with van der Waals surface area (Å²) in [5.41, 5.74) is 7.94. The number of rotatable bonds is 4. The maximum atomic E-state index is 11.8. The summed E-state index contributed by atoms with van der Waals surface area (Å²) in [6, 6.07) is 3.90. The van der Waals surface area contributed by atoms with Crippen molar-refractivity contribution in [3.63, 3.8) is 0 Å². The van der Waals surface area contributed by atoms with Gasteiger partial charge in [0, 0.05) is 24.6 Å². The molecule has 1 aromatic heterocycles. The molecule has 0 saturated carbocycles. The van der Waals surface area contributed by atoms with Gasteiger partial charge in [0.2, 0.25) is 5.91 Å². The molecule has 18 heavy (non-hydrogen) atoms. The van der Waals surface area contributed by atoms with E-state index in [-0.39, 0.29) is 5.91 Å². The van der Waals surface area contributed by atoms with Gasteiger partial charge in [0.05, 0.1) is 6.42 Å². The predicted molar refractivity (Wildman–Crippen MR) is 71.5 cm³/mol. The van der Waals surface area contributed by atoms with Crippen LogP contribution >= 0.6 is 0 Å². The molecule has 1 atom stereocenters. The lowest BCUT2D eigenvalue weighted by molar-refractivity contribution is -0.121. The van der Waals surface area contributed by atoms with Crippen molar-refractivity contribution in [3.8, 4) is 0 Å². The monoisotopic (exact) mass is 247 g/mol. The van der Waals surface area contributed by atoms with E-state index >= 15 is 0 Å². The van der Waals surface area contributed by atoms with Crippen molar-refractivity contribution in [2.45, 2.75) is 32.6 Å². The molecule has 1 aliphatic rings. The number of carbonyl (C=O) groups excluding carboxylic acids is 1. The lowest BCUT2D eigenvalue weighted by Crippen LogP contribution is -2.38. The third kappa shape index (κ3) is 3.39. The highest BCUT2D eigenvalue weighted by Gasteiger charge is 2.11. The van der Waals surface area contributed by atoms with Gasteiger partial charge in [-0.2, -0.15) is 0 Å². The summed E-state index contributed by atoms with van der Waals surface area (Å²) in [5.74, 6) is 0.756. The Hall–Kier alpha value is -1.71. The smallest absolute Gasteiger partial charge is 0.244 e. The molecule has 1 amide bonds. The fraction of sp³-hybridized carbons (Fsp3) is 0.500. The number of aromatic nitrogens is 1. The van der Waals surface area contributed by atoms with E-state index in [1.165, 1.54) is 6.42 Å². The van der Waals surface area contributed by atoms with Gasteiger partial charge in [0.1, 0.15) is 0 Å². The first-order chi connectivity index (χ1) is 8.65. The zero-order valence-corrected chi connectivity index (χ0v) is 11.1. The van der Waals surface area contributed by atoms with Crippen LogP contribution in [0.1, 0.15) is 31.9 Å². The Kier molecular flexibility index (Phi) is 4.07. The van der Waals surface area contributed by atoms with E-state index in [2.05, 4.69) is 23.9 Å². The molecule has 1 heterocycles. The van der Waals surface area contributed by atoms with Crippen LogP contribution in [-0.2, 0) is 18.3 Å². The first-order valence-corrected chi connectivity index (χ1v) is 6.49. The van der Waals surface area contributed by atoms with Crippen molar-refractivity contribution in [3.05, 3.63) is 35.8 Å². The molecule has 98 valence electrons. The second-order valence-corrected chi connectivity index (χ2v) is 5.07. The summed E-state index contributed by atoms with van der Waals surface area (Å²) in [6.45, 7) is 2.25. The van der Waals surface area contributed by atoms with Crippen molar-refractivity contribution >= 4 is 5.91 Å². The molecule has 0 aliphatic heterocycles. The van der Waals surface area contributed by atoms with Crippen LogP contribution < -0.4 is 10.9 Å². The van der Waals surface area contributed by atoms with Gasteiger partial charge in [-0.05, 0) is 37.3 Å². The molecule has 0 radical (unpaired) electrons. The summed E-state index contributed by atoms with van der Waals surface area (Å²) in [6.07, 6.45) is 7.83. The Bertz CT molecular complexity index is 448. The first kappa shape index (κ1) is 12.7. The second kappa shape index (κ2) is 5.76. The molecule has 0 fully saturated rings. The summed E-state index contributed by atoms with van der Waals surface area (Å²) >= 11 is 0. The number of hydrogen-bond acceptors (Lipinski definition) is 2. The van der Waals surface area contributed by atoms with Crippen LogP contribution in [0, 0.1) is 5.92 Å². The van der Waals surface area contributed by atoms with Gasteiger partial charge in [-0.1, -0.05) is 13.0 Å². The summed E-state index contributed by atoms with van der Waals surface area (Å²) < 4.78 is 1.96. The van der Waals surface area contributed by atoms with Crippen LogP contribution in [0.25, 0.3) is 0 Å². The Labute approximate surface area is 108 Å². The zero-order valence-electron chi connectivity index (χ0n) is 11.1. The van der Waals surface area contributed by atoms with E-state index in [0.29, 0.717) is 6.42 Å². The van der Waals surface area contributed by atoms with Crippen LogP contribution in [-0.4, -0.2) is 10.5 Å². The van der Waals surface area contributed by atoms with E-state index in [1.54, 1.807) is 0 Å². The first-order valence-electron chi connectivity index (χ1n) is 6.49. The maximum absolute atomic E-state index is 11.8. The van der Waals surface area contributed by atoms with Gasteiger partial charge < -0.3 is 9.99 Å². The molecule has 4 nitrogen and oxygen atoms in total.